The number of nitrogens with one attached hydrogen (secondary N) is 3. The molecule has 2 radical (unpaired) electrons. The van der Waals surface area contributed by atoms with E-state index >= 15 is 0 Å². The Bertz CT molecular complexity index is 246. The van der Waals surface area contributed by atoms with Crippen LogP contribution in [0.4, 0.5) is 0 Å². The summed E-state index contributed by atoms with van der Waals surface area (Å²) < 4.78 is 23.0. The second-order valence-corrected chi connectivity index (χ2v) is 6.11. The number of ether oxygens (including phenoxy) is 3. The number of hydrogen-bond acceptors (Lipinski definition) is 10. The summed E-state index contributed by atoms with van der Waals surface area (Å²) in [5, 5.41) is 9.51. The third-order valence-corrected chi connectivity index (χ3v) is 3.50. The van der Waals surface area contributed by atoms with Gasteiger partial charge in [-0.1, -0.05) is 0 Å². The van der Waals surface area contributed by atoms with Gasteiger partial charge in [0.05, 0.1) is 0 Å². The van der Waals surface area contributed by atoms with E-state index in [1.165, 1.54) is 0 Å². The van der Waals surface area contributed by atoms with Crippen LogP contribution in [0.2, 0.25) is 0 Å². The monoisotopic (exact) mass is 472 g/mol. The number of rotatable bonds is 20. The van der Waals surface area contributed by atoms with Gasteiger partial charge in [0.25, 0.3) is 0 Å². The van der Waals surface area contributed by atoms with Crippen molar-refractivity contribution in [3.05, 3.63) is 0 Å². The van der Waals surface area contributed by atoms with Crippen LogP contribution in [0.25, 0.3) is 0 Å². The van der Waals surface area contributed by atoms with Crippen LogP contribution in [-0.2, 0) is 17.3 Å². The van der Waals surface area contributed by atoms with Crippen LogP contribution in [-0.4, -0.2) is 114 Å². The fourth-order valence-electron chi connectivity index (χ4n) is 1.87. The van der Waals surface area contributed by atoms with Gasteiger partial charge in [-0.2, -0.15) is 0 Å². The van der Waals surface area contributed by atoms with E-state index < -0.39 is 5.97 Å². The minimum absolute atomic E-state index is 0.222. The molecule has 0 aliphatic heterocycles. The number of nitrogens with two attached hydrogens (primary N) is 3. The molecule has 0 saturated carbocycles. The van der Waals surface area contributed by atoms with Crippen molar-refractivity contribution in [1.82, 2.24) is 16.0 Å². The van der Waals surface area contributed by atoms with E-state index in [2.05, 4.69) is 16.0 Å². The van der Waals surface area contributed by atoms with Crippen LogP contribution in [0.1, 0.15) is 0 Å². The van der Waals surface area contributed by atoms with Gasteiger partial charge in [0.1, 0.15) is 0 Å². The normalized spacial score (nSPS) is 12.0. The Hall–Kier alpha value is 0.399. The molecular formula is C14H36N6O4Sn. The van der Waals surface area contributed by atoms with E-state index in [9.17, 15) is 0 Å². The molecule has 0 heterocycles. The van der Waals surface area contributed by atoms with E-state index in [1.54, 1.807) is 0 Å². The van der Waals surface area contributed by atoms with Crippen LogP contribution in [0, 0.1) is 0 Å². The van der Waals surface area contributed by atoms with Gasteiger partial charge in [0.15, 0.2) is 0 Å². The molecule has 0 saturated heterocycles. The van der Waals surface area contributed by atoms with Crippen molar-refractivity contribution < 1.29 is 17.3 Å². The van der Waals surface area contributed by atoms with Crippen molar-refractivity contribution in [3.63, 3.8) is 0 Å². The minimum atomic E-state index is -1.21. The maximum absolute atomic E-state index is 5.87. The first-order valence-electron chi connectivity index (χ1n) is 8.70. The number of hydrogen-bond donors (Lipinski definition) is 6. The molecule has 11 heteroatoms. The van der Waals surface area contributed by atoms with Crippen molar-refractivity contribution in [3.8, 4) is 0 Å². The van der Waals surface area contributed by atoms with Gasteiger partial charge >= 0.3 is 165 Å². The van der Waals surface area contributed by atoms with Gasteiger partial charge in [-0.3, -0.25) is 0 Å². The Morgan fingerprint density at radius 1 is 0.640 bits per heavy atom. The first kappa shape index (κ1) is 25.4. The third kappa shape index (κ3) is 15.2. The first-order chi connectivity index (χ1) is 12.2. The summed E-state index contributed by atoms with van der Waals surface area (Å²) in [6, 6.07) is 0. The predicted molar refractivity (Wildman–Crippen MR) is 99.5 cm³/mol. The molecule has 10 nitrogen and oxygen atoms in total. The fraction of sp³-hybridized carbons (Fsp3) is 1.00. The average Bonchev–Trinajstić information content (AvgIpc) is 2.61. The van der Waals surface area contributed by atoms with Crippen molar-refractivity contribution in [2.75, 3.05) is 85.3 Å². The van der Waals surface area contributed by atoms with Crippen LogP contribution >= 0.6 is 0 Å². The summed E-state index contributed by atoms with van der Waals surface area (Å²) in [5.74, 6) is -1.21. The van der Waals surface area contributed by atoms with Gasteiger partial charge < -0.3 is 0 Å². The maximum atomic E-state index is 5.87. The van der Waals surface area contributed by atoms with Gasteiger partial charge in [0, 0.05) is 0 Å². The zero-order valence-electron chi connectivity index (χ0n) is 15.1. The molecule has 9 N–H and O–H groups in total. The molecule has 0 rings (SSSR count). The quantitative estimate of drug-likeness (QED) is 0.0592. The molecule has 0 bridgehead atoms. The molecule has 150 valence electrons. The SMILES string of the molecule is NCCNCCOC(C[O][SnH])(OCCNCCN)OCCNCCN. The van der Waals surface area contributed by atoms with Crippen LogP contribution in [0.3, 0.4) is 0 Å². The Morgan fingerprint density at radius 2 is 1.00 bits per heavy atom. The predicted octanol–water partition coefficient (Wildman–Crippen LogP) is -3.83. The summed E-state index contributed by atoms with van der Waals surface area (Å²) in [7, 11) is 0. The second kappa shape index (κ2) is 19.2. The van der Waals surface area contributed by atoms with Crippen molar-refractivity contribution in [2.45, 2.75) is 5.97 Å². The summed E-state index contributed by atoms with van der Waals surface area (Å²) in [5.41, 5.74) is 16.4. The molecule has 0 aromatic carbocycles. The Morgan fingerprint density at radius 3 is 1.28 bits per heavy atom. The van der Waals surface area contributed by atoms with Crippen LogP contribution in [0.15, 0.2) is 0 Å². The first-order valence-corrected chi connectivity index (χ1v) is 10.0. The average molecular weight is 471 g/mol. The molecule has 0 aromatic rings. The van der Waals surface area contributed by atoms with Crippen LogP contribution in [0.5, 0.6) is 0 Å². The molecular weight excluding hydrogens is 435 g/mol. The molecule has 25 heavy (non-hydrogen) atoms. The summed E-state index contributed by atoms with van der Waals surface area (Å²) >= 11 is 0.630. The standard InChI is InChI=1S/C14H35N6O4.Sn.H/c15-1-4-18-7-10-22-14(13-21,23-11-8-19-5-2-16)24-12-9-20-6-3-17;;/h18-20H,1-13,15-17H2;;/q-1;+1;. The zero-order valence-corrected chi connectivity index (χ0v) is 18.4. The molecule has 0 aromatic heterocycles. The Balaban J connectivity index is 4.40. The Labute approximate surface area is 164 Å². The molecule has 0 atom stereocenters. The van der Waals surface area contributed by atoms with E-state index in [-0.39, 0.29) is 6.61 Å². The molecule has 0 aliphatic carbocycles. The molecule has 0 amide bonds. The molecule has 0 fully saturated rings. The van der Waals surface area contributed by atoms with E-state index in [0.717, 1.165) is 19.6 Å². The summed E-state index contributed by atoms with van der Waals surface area (Å²) in [4.78, 5) is 0. The van der Waals surface area contributed by atoms with E-state index in [1.807, 2.05) is 0 Å². The molecule has 0 unspecified atom stereocenters. The van der Waals surface area contributed by atoms with E-state index in [4.69, 9.17) is 34.5 Å². The molecule has 0 aliphatic rings. The third-order valence-electron chi connectivity index (χ3n) is 3.03. The van der Waals surface area contributed by atoms with Crippen molar-refractivity contribution in [1.29, 1.82) is 0 Å². The summed E-state index contributed by atoms with van der Waals surface area (Å²) in [6.07, 6.45) is 0. The van der Waals surface area contributed by atoms with Crippen molar-refractivity contribution in [2.24, 2.45) is 17.2 Å². The van der Waals surface area contributed by atoms with Gasteiger partial charge in [-0.15, -0.1) is 0 Å². The molecule has 0 spiro atoms. The summed E-state index contributed by atoms with van der Waals surface area (Å²) in [6.45, 7) is 7.43. The topological polar surface area (TPSA) is 151 Å². The van der Waals surface area contributed by atoms with E-state index in [0.29, 0.717) is 82.0 Å². The second-order valence-electron chi connectivity index (χ2n) is 5.16. The van der Waals surface area contributed by atoms with Gasteiger partial charge in [-0.05, 0) is 0 Å². The van der Waals surface area contributed by atoms with Gasteiger partial charge in [-0.25, -0.2) is 0 Å². The van der Waals surface area contributed by atoms with Crippen molar-refractivity contribution >= 4 is 22.9 Å². The van der Waals surface area contributed by atoms with Crippen LogP contribution < -0.4 is 33.2 Å². The Kier molecular flexibility index (Phi) is 19.5. The van der Waals surface area contributed by atoms with Gasteiger partial charge in [0.2, 0.25) is 0 Å². The fourth-order valence-corrected chi connectivity index (χ4v) is 2.45. The zero-order chi connectivity index (χ0) is 18.6.